The van der Waals surface area contributed by atoms with Crippen LogP contribution in [-0.2, 0) is 0 Å². The van der Waals surface area contributed by atoms with E-state index in [-0.39, 0.29) is 6.61 Å². The highest BCUT2D eigenvalue weighted by Gasteiger charge is 2.14. The Balaban J connectivity index is 3.44. The second kappa shape index (κ2) is 4.70. The van der Waals surface area contributed by atoms with Gasteiger partial charge in [-0.25, -0.2) is 0 Å². The Morgan fingerprint density at radius 2 is 1.91 bits per heavy atom. The maximum atomic E-state index is 9.33. The smallest absolute Gasteiger partial charge is 0.106 e. The van der Waals surface area contributed by atoms with E-state index in [1.165, 1.54) is 0 Å². The van der Waals surface area contributed by atoms with Gasteiger partial charge in [-0.15, -0.1) is 0 Å². The van der Waals surface area contributed by atoms with E-state index in [0.29, 0.717) is 13.0 Å². The van der Waals surface area contributed by atoms with Crippen LogP contribution in [0.1, 0.15) is 6.42 Å². The lowest BCUT2D eigenvalue weighted by Gasteiger charge is -2.26. The summed E-state index contributed by atoms with van der Waals surface area (Å²) in [7, 11) is 6.07. The van der Waals surface area contributed by atoms with Crippen LogP contribution >= 0.6 is 0 Å². The summed E-state index contributed by atoms with van der Waals surface area (Å²) in [6.45, 7) is 0.814. The van der Waals surface area contributed by atoms with Crippen molar-refractivity contribution in [2.75, 3.05) is 34.3 Å². The van der Waals surface area contributed by atoms with Gasteiger partial charge in [-0.1, -0.05) is 0 Å². The monoisotopic (exact) mass is 161 g/mol. The van der Waals surface area contributed by atoms with Crippen molar-refractivity contribution in [2.24, 2.45) is 0 Å². The molecular formula is C8H19NO2+. The minimum absolute atomic E-state index is 0.119. The van der Waals surface area contributed by atoms with Crippen molar-refractivity contribution in [1.29, 1.82) is 0 Å². The van der Waals surface area contributed by atoms with Gasteiger partial charge < -0.3 is 14.7 Å². The van der Waals surface area contributed by atoms with Gasteiger partial charge in [0.25, 0.3) is 0 Å². The van der Waals surface area contributed by atoms with E-state index in [9.17, 15) is 5.11 Å². The molecule has 1 unspecified atom stereocenters. The molecule has 0 amide bonds. The summed E-state index contributed by atoms with van der Waals surface area (Å²) in [5.41, 5.74) is 0. The van der Waals surface area contributed by atoms with Crippen LogP contribution in [-0.4, -0.2) is 55.1 Å². The van der Waals surface area contributed by atoms with E-state index < -0.39 is 6.10 Å². The summed E-state index contributed by atoms with van der Waals surface area (Å²) in [5, 5.41) is 17.8. The van der Waals surface area contributed by atoms with E-state index in [4.69, 9.17) is 5.11 Å². The minimum atomic E-state index is -0.401. The third-order valence-electron chi connectivity index (χ3n) is 1.30. The van der Waals surface area contributed by atoms with Crippen molar-refractivity contribution < 1.29 is 14.7 Å². The first kappa shape index (κ1) is 10.9. The number of hydrogen-bond acceptors (Lipinski definition) is 2. The predicted molar refractivity (Wildman–Crippen MR) is 44.9 cm³/mol. The molecule has 2 N–H and O–H groups in total. The molecule has 0 aliphatic carbocycles. The second-order valence-electron chi connectivity index (χ2n) is 3.79. The normalized spacial score (nSPS) is 15.0. The fourth-order valence-corrected chi connectivity index (χ4v) is 0.903. The summed E-state index contributed by atoms with van der Waals surface area (Å²) in [6.07, 6.45) is 1.91. The molecule has 3 nitrogen and oxygen atoms in total. The third-order valence-corrected chi connectivity index (χ3v) is 1.30. The molecule has 0 saturated carbocycles. The van der Waals surface area contributed by atoms with E-state index in [1.807, 2.05) is 21.1 Å². The molecule has 1 radical (unpaired) electrons. The lowest BCUT2D eigenvalue weighted by molar-refractivity contribution is -0.873. The van der Waals surface area contributed by atoms with Gasteiger partial charge in [0.2, 0.25) is 0 Å². The number of likely N-dealkylation sites (N-methyl/N-ethyl adjacent to an activating group) is 1. The van der Waals surface area contributed by atoms with Gasteiger partial charge in [-0.3, -0.25) is 0 Å². The molecule has 0 bridgehead atoms. The van der Waals surface area contributed by atoms with Gasteiger partial charge in [0, 0.05) is 6.61 Å². The Bertz CT molecular complexity index is 98.8. The molecular weight excluding hydrogens is 142 g/mol. The number of rotatable bonds is 5. The summed E-state index contributed by atoms with van der Waals surface area (Å²) in [4.78, 5) is 0. The van der Waals surface area contributed by atoms with Crippen LogP contribution in [0.2, 0.25) is 0 Å². The highest BCUT2D eigenvalue weighted by molar-refractivity contribution is 4.73. The molecule has 1 atom stereocenters. The van der Waals surface area contributed by atoms with Crippen molar-refractivity contribution >= 4 is 0 Å². The predicted octanol–water partition coefficient (Wildman–Crippen LogP) is -0.360. The molecule has 0 aliphatic rings. The molecule has 0 aromatic carbocycles. The van der Waals surface area contributed by atoms with E-state index >= 15 is 0 Å². The first-order valence-corrected chi connectivity index (χ1v) is 3.88. The first-order valence-electron chi connectivity index (χ1n) is 3.88. The topological polar surface area (TPSA) is 40.5 Å². The van der Waals surface area contributed by atoms with E-state index in [0.717, 1.165) is 4.48 Å². The highest BCUT2D eigenvalue weighted by atomic mass is 16.3. The van der Waals surface area contributed by atoms with Crippen LogP contribution < -0.4 is 0 Å². The highest BCUT2D eigenvalue weighted by Crippen LogP contribution is 2.00. The molecule has 0 rings (SSSR count). The standard InChI is InChI=1S/C8H19NO2/c1-9(2,3)7-8(11)5-4-6-10/h5,8,10-11H,4,6-7H2,1-3H3/q+1. The van der Waals surface area contributed by atoms with Gasteiger partial charge >= 0.3 is 0 Å². The van der Waals surface area contributed by atoms with Gasteiger partial charge in [0.1, 0.15) is 12.6 Å². The quantitative estimate of drug-likeness (QED) is 0.541. The number of nitrogens with zero attached hydrogens (tertiary/aromatic N) is 1. The fraction of sp³-hybridized carbons (Fsp3) is 0.875. The third kappa shape index (κ3) is 7.78. The average Bonchev–Trinajstić information content (AvgIpc) is 1.79. The minimum Gasteiger partial charge on any atom is -0.396 e. The van der Waals surface area contributed by atoms with Gasteiger partial charge in [-0.05, 0) is 12.8 Å². The Hall–Kier alpha value is -0.120. The first-order chi connectivity index (χ1) is 4.95. The molecule has 0 fully saturated rings. The van der Waals surface area contributed by atoms with Crippen LogP contribution in [0.25, 0.3) is 0 Å². The Morgan fingerprint density at radius 1 is 1.36 bits per heavy atom. The average molecular weight is 161 g/mol. The van der Waals surface area contributed by atoms with Gasteiger partial charge in [0.15, 0.2) is 0 Å². The maximum Gasteiger partial charge on any atom is 0.106 e. The molecule has 0 heterocycles. The molecule has 0 aromatic heterocycles. The Kier molecular flexibility index (Phi) is 4.65. The summed E-state index contributed by atoms with van der Waals surface area (Å²) >= 11 is 0. The molecule has 0 spiro atoms. The van der Waals surface area contributed by atoms with Crippen molar-refractivity contribution in [2.45, 2.75) is 12.5 Å². The zero-order valence-electron chi connectivity index (χ0n) is 7.62. The van der Waals surface area contributed by atoms with Crippen molar-refractivity contribution in [3.63, 3.8) is 0 Å². The van der Waals surface area contributed by atoms with Crippen LogP contribution in [0.3, 0.4) is 0 Å². The SMILES string of the molecule is C[N+](C)(C)CC(O)[CH]CCO. The zero-order chi connectivity index (χ0) is 8.91. The number of aliphatic hydroxyl groups excluding tert-OH is 2. The lowest BCUT2D eigenvalue weighted by atomic mass is 10.2. The lowest BCUT2D eigenvalue weighted by Crippen LogP contribution is -2.41. The number of hydrogen-bond donors (Lipinski definition) is 2. The Labute approximate surface area is 68.9 Å². The Morgan fingerprint density at radius 3 is 2.27 bits per heavy atom. The molecule has 0 saturated heterocycles. The van der Waals surface area contributed by atoms with Crippen molar-refractivity contribution in [1.82, 2.24) is 0 Å². The fourth-order valence-electron chi connectivity index (χ4n) is 0.903. The van der Waals surface area contributed by atoms with Crippen LogP contribution in [0.4, 0.5) is 0 Å². The van der Waals surface area contributed by atoms with Crippen LogP contribution in [0.5, 0.6) is 0 Å². The molecule has 0 aliphatic heterocycles. The summed E-state index contributed by atoms with van der Waals surface area (Å²) in [5.74, 6) is 0. The molecule has 3 heteroatoms. The molecule has 11 heavy (non-hydrogen) atoms. The summed E-state index contributed by atoms with van der Waals surface area (Å²) < 4.78 is 0.739. The van der Waals surface area contributed by atoms with Gasteiger partial charge in [0.05, 0.1) is 21.1 Å². The molecule has 0 aromatic rings. The van der Waals surface area contributed by atoms with Crippen LogP contribution in [0.15, 0.2) is 0 Å². The van der Waals surface area contributed by atoms with E-state index in [2.05, 4.69) is 0 Å². The largest absolute Gasteiger partial charge is 0.396 e. The summed E-state index contributed by atoms with van der Waals surface area (Å²) in [6, 6.07) is 0. The second-order valence-corrected chi connectivity index (χ2v) is 3.79. The van der Waals surface area contributed by atoms with Crippen molar-refractivity contribution in [3.05, 3.63) is 6.42 Å². The maximum absolute atomic E-state index is 9.33. The number of aliphatic hydroxyl groups is 2. The zero-order valence-corrected chi connectivity index (χ0v) is 7.62. The number of quaternary nitrogens is 1. The van der Waals surface area contributed by atoms with Crippen LogP contribution in [0, 0.1) is 6.42 Å². The molecule has 67 valence electrons. The van der Waals surface area contributed by atoms with Gasteiger partial charge in [-0.2, -0.15) is 0 Å². The van der Waals surface area contributed by atoms with Crippen molar-refractivity contribution in [3.8, 4) is 0 Å². The van der Waals surface area contributed by atoms with E-state index in [1.54, 1.807) is 6.42 Å².